The molecular weight excluding hydrogens is 367 g/mol. The number of thioether (sulfide) groups is 1. The quantitative estimate of drug-likeness (QED) is 0.491. The van der Waals surface area contributed by atoms with Crippen molar-refractivity contribution in [3.05, 3.63) is 52.6 Å². The number of halogens is 1. The molecule has 0 radical (unpaired) electrons. The summed E-state index contributed by atoms with van der Waals surface area (Å²) >= 11 is 1.17. The van der Waals surface area contributed by atoms with Gasteiger partial charge in [0, 0.05) is 11.3 Å². The number of aryl methyl sites for hydroxylation is 1. The molecule has 0 saturated heterocycles. The number of Topliss-reactive ketones (excluding diaryl/α,β-unsaturated/α-hetero) is 2. The average Bonchev–Trinajstić information content (AvgIpc) is 3.18. The van der Waals surface area contributed by atoms with E-state index in [4.69, 9.17) is 0 Å². The lowest BCUT2D eigenvalue weighted by molar-refractivity contribution is 0.0988. The Labute approximate surface area is 160 Å². The molecule has 8 heteroatoms. The fourth-order valence-corrected chi connectivity index (χ4v) is 3.80. The Morgan fingerprint density at radius 2 is 1.93 bits per heavy atom. The van der Waals surface area contributed by atoms with Gasteiger partial charge in [-0.05, 0) is 45.4 Å². The Morgan fingerprint density at radius 1 is 1.22 bits per heavy atom. The number of rotatable bonds is 6. The Kier molecular flexibility index (Phi) is 5.27. The molecule has 0 amide bonds. The topological polar surface area (TPSA) is 91.5 Å². The molecular formula is C19H19FN4O2S. The summed E-state index contributed by atoms with van der Waals surface area (Å²) in [5.41, 5.74) is 2.62. The summed E-state index contributed by atoms with van der Waals surface area (Å²) in [6.45, 7) is 6.75. The molecule has 0 aliphatic carbocycles. The number of ketones is 2. The Balaban J connectivity index is 1.79. The number of hydrogen-bond donors (Lipinski definition) is 2. The summed E-state index contributed by atoms with van der Waals surface area (Å²) in [5, 5.41) is 6.64. The van der Waals surface area contributed by atoms with Crippen molar-refractivity contribution in [3.8, 4) is 11.4 Å². The maximum absolute atomic E-state index is 13.9. The number of nitrogens with one attached hydrogen (secondary N) is 2. The SMILES string of the molecule is CC(=O)c1c(C)[nH]c(C(=O)C(C)Sc2n[nH]c(-c3ccccc3F)n2)c1C. The van der Waals surface area contributed by atoms with Crippen molar-refractivity contribution < 1.29 is 14.0 Å². The largest absolute Gasteiger partial charge is 0.355 e. The van der Waals surface area contributed by atoms with Crippen molar-refractivity contribution in [1.82, 2.24) is 20.2 Å². The predicted octanol–water partition coefficient (Wildman–Crippen LogP) is 4.12. The number of carbonyl (C=O) groups excluding carboxylic acids is 2. The van der Waals surface area contributed by atoms with E-state index in [0.717, 1.165) is 0 Å². The van der Waals surface area contributed by atoms with Gasteiger partial charge in [0.05, 0.1) is 16.5 Å². The van der Waals surface area contributed by atoms with E-state index in [1.54, 1.807) is 39.0 Å². The fraction of sp³-hybridized carbons (Fsp3) is 0.263. The van der Waals surface area contributed by atoms with E-state index >= 15 is 0 Å². The van der Waals surface area contributed by atoms with Crippen LogP contribution in [0.15, 0.2) is 29.4 Å². The summed E-state index contributed by atoms with van der Waals surface area (Å²) < 4.78 is 13.9. The van der Waals surface area contributed by atoms with E-state index in [9.17, 15) is 14.0 Å². The van der Waals surface area contributed by atoms with Crippen LogP contribution in [-0.4, -0.2) is 37.0 Å². The molecule has 0 aliphatic heterocycles. The molecule has 2 heterocycles. The first-order valence-corrected chi connectivity index (χ1v) is 9.25. The highest BCUT2D eigenvalue weighted by molar-refractivity contribution is 8.00. The van der Waals surface area contributed by atoms with Gasteiger partial charge in [-0.3, -0.25) is 14.7 Å². The molecule has 0 saturated carbocycles. The molecule has 1 atom stereocenters. The van der Waals surface area contributed by atoms with Gasteiger partial charge in [0.15, 0.2) is 17.4 Å². The van der Waals surface area contributed by atoms with Gasteiger partial charge in [0.2, 0.25) is 5.16 Å². The van der Waals surface area contributed by atoms with Crippen LogP contribution in [0.3, 0.4) is 0 Å². The van der Waals surface area contributed by atoms with Crippen LogP contribution in [0.2, 0.25) is 0 Å². The third-order valence-electron chi connectivity index (χ3n) is 4.28. The van der Waals surface area contributed by atoms with Crippen molar-refractivity contribution in [3.63, 3.8) is 0 Å². The average molecular weight is 386 g/mol. The van der Waals surface area contributed by atoms with E-state index in [1.165, 1.54) is 24.8 Å². The van der Waals surface area contributed by atoms with Gasteiger partial charge in [-0.2, -0.15) is 0 Å². The molecule has 27 heavy (non-hydrogen) atoms. The van der Waals surface area contributed by atoms with Crippen LogP contribution >= 0.6 is 11.8 Å². The van der Waals surface area contributed by atoms with Gasteiger partial charge in [-0.15, -0.1) is 5.10 Å². The summed E-state index contributed by atoms with van der Waals surface area (Å²) in [6.07, 6.45) is 0. The van der Waals surface area contributed by atoms with Gasteiger partial charge in [0.25, 0.3) is 0 Å². The van der Waals surface area contributed by atoms with Gasteiger partial charge in [-0.25, -0.2) is 9.37 Å². The minimum atomic E-state index is -0.481. The molecule has 0 aliphatic rings. The number of aromatic nitrogens is 4. The van der Waals surface area contributed by atoms with Gasteiger partial charge in [0.1, 0.15) is 5.82 Å². The second kappa shape index (κ2) is 7.48. The van der Waals surface area contributed by atoms with Crippen LogP contribution in [0, 0.1) is 19.7 Å². The molecule has 3 aromatic rings. The van der Waals surface area contributed by atoms with Crippen LogP contribution in [0.25, 0.3) is 11.4 Å². The number of nitrogens with zero attached hydrogens (tertiary/aromatic N) is 2. The summed E-state index contributed by atoms with van der Waals surface area (Å²) in [6, 6.07) is 6.26. The molecule has 0 spiro atoms. The molecule has 0 bridgehead atoms. The van der Waals surface area contributed by atoms with Gasteiger partial charge < -0.3 is 4.98 Å². The Morgan fingerprint density at radius 3 is 2.56 bits per heavy atom. The normalized spacial score (nSPS) is 12.2. The third-order valence-corrected chi connectivity index (χ3v) is 5.24. The maximum Gasteiger partial charge on any atom is 0.209 e. The van der Waals surface area contributed by atoms with Gasteiger partial charge >= 0.3 is 0 Å². The third kappa shape index (κ3) is 3.71. The highest BCUT2D eigenvalue weighted by atomic mass is 32.2. The van der Waals surface area contributed by atoms with Crippen molar-refractivity contribution in [2.45, 2.75) is 38.1 Å². The van der Waals surface area contributed by atoms with Crippen LogP contribution in [-0.2, 0) is 0 Å². The lowest BCUT2D eigenvalue weighted by atomic mass is 10.0. The van der Waals surface area contributed by atoms with Crippen LogP contribution in [0.1, 0.15) is 46.0 Å². The highest BCUT2D eigenvalue weighted by Gasteiger charge is 2.25. The summed E-state index contributed by atoms with van der Waals surface area (Å²) in [4.78, 5) is 31.8. The molecule has 1 aromatic carbocycles. The van der Waals surface area contributed by atoms with E-state index < -0.39 is 11.1 Å². The zero-order chi connectivity index (χ0) is 19.7. The van der Waals surface area contributed by atoms with Crippen molar-refractivity contribution in [1.29, 1.82) is 0 Å². The summed E-state index contributed by atoms with van der Waals surface area (Å²) in [5.74, 6) is -0.320. The Hall–Kier alpha value is -2.74. The standard InChI is InChI=1S/C19H19FN4O2S/c1-9-15(11(3)25)10(2)21-16(9)17(26)12(4)27-19-22-18(23-24-19)13-7-5-6-8-14(13)20/h5-8,12,21H,1-4H3,(H,22,23,24). The molecule has 0 fully saturated rings. The second-order valence-corrected chi connectivity index (χ2v) is 7.56. The molecule has 2 N–H and O–H groups in total. The van der Waals surface area contributed by atoms with Gasteiger partial charge in [-0.1, -0.05) is 23.9 Å². The fourth-order valence-electron chi connectivity index (χ4n) is 3.01. The van der Waals surface area contributed by atoms with Crippen LogP contribution in [0.5, 0.6) is 0 Å². The van der Waals surface area contributed by atoms with Crippen molar-refractivity contribution in [2.75, 3.05) is 0 Å². The smallest absolute Gasteiger partial charge is 0.209 e. The number of aromatic amines is 2. The lowest BCUT2D eigenvalue weighted by Crippen LogP contribution is -2.15. The van der Waals surface area contributed by atoms with Crippen molar-refractivity contribution >= 4 is 23.3 Å². The second-order valence-electron chi connectivity index (χ2n) is 6.25. The summed E-state index contributed by atoms with van der Waals surface area (Å²) in [7, 11) is 0. The zero-order valence-corrected chi connectivity index (χ0v) is 16.2. The van der Waals surface area contributed by atoms with Crippen molar-refractivity contribution in [2.24, 2.45) is 0 Å². The van der Waals surface area contributed by atoms with Crippen LogP contribution in [0.4, 0.5) is 4.39 Å². The number of benzene rings is 1. The predicted molar refractivity (Wildman–Crippen MR) is 102 cm³/mol. The molecule has 3 rings (SSSR count). The monoisotopic (exact) mass is 386 g/mol. The molecule has 6 nitrogen and oxygen atoms in total. The lowest BCUT2D eigenvalue weighted by Gasteiger charge is -2.07. The first-order valence-electron chi connectivity index (χ1n) is 8.37. The van der Waals surface area contributed by atoms with E-state index in [0.29, 0.717) is 39.1 Å². The van der Waals surface area contributed by atoms with E-state index in [1.807, 2.05) is 0 Å². The first kappa shape index (κ1) is 19.0. The molecule has 1 unspecified atom stereocenters. The minimum absolute atomic E-state index is 0.0795. The molecule has 140 valence electrons. The van der Waals surface area contributed by atoms with Crippen LogP contribution < -0.4 is 0 Å². The zero-order valence-electron chi connectivity index (χ0n) is 15.4. The molecule has 2 aromatic heterocycles. The maximum atomic E-state index is 13.9. The minimum Gasteiger partial charge on any atom is -0.355 e. The number of carbonyl (C=O) groups is 2. The number of H-pyrrole nitrogens is 2. The Bertz CT molecular complexity index is 1020. The van der Waals surface area contributed by atoms with E-state index in [2.05, 4.69) is 20.2 Å². The number of hydrogen-bond acceptors (Lipinski definition) is 5. The van der Waals surface area contributed by atoms with E-state index in [-0.39, 0.29) is 11.6 Å². The highest BCUT2D eigenvalue weighted by Crippen LogP contribution is 2.28. The first-order chi connectivity index (χ1) is 12.8.